The fraction of sp³-hybridized carbons (Fsp3) is 0.429. The molecule has 0 heterocycles. The van der Waals surface area contributed by atoms with Crippen molar-refractivity contribution in [2.45, 2.75) is 26.2 Å². The smallest absolute Gasteiger partial charge is 0.305 e. The average Bonchev–Trinajstić information content (AvgIpc) is 2.38. The summed E-state index contributed by atoms with van der Waals surface area (Å²) in [6, 6.07) is 4.30. The Morgan fingerprint density at radius 1 is 1.42 bits per heavy atom. The molecule has 0 aromatic heterocycles. The van der Waals surface area contributed by atoms with Crippen molar-refractivity contribution in [3.05, 3.63) is 23.8 Å². The molecule has 0 spiro atoms. The molecular formula is C14H19NO4. The second kappa shape index (κ2) is 8.13. The van der Waals surface area contributed by atoms with E-state index in [0.29, 0.717) is 31.6 Å². The molecule has 0 saturated heterocycles. The number of benzene rings is 1. The number of hydrogen-bond acceptors (Lipinski definition) is 5. The Morgan fingerprint density at radius 3 is 2.89 bits per heavy atom. The SMILES string of the molecule is CCCOC(=O)CCCN=Cc1ccc(O)cc1O. The van der Waals surface area contributed by atoms with Gasteiger partial charge in [0.1, 0.15) is 11.5 Å². The normalized spacial score (nSPS) is 10.8. The molecule has 0 aliphatic carbocycles. The first-order chi connectivity index (χ1) is 9.13. The molecule has 5 heteroatoms. The number of nitrogens with zero attached hydrogens (tertiary/aromatic N) is 1. The van der Waals surface area contributed by atoms with E-state index in [4.69, 9.17) is 9.84 Å². The number of carbonyl (C=O) groups excluding carboxylic acids is 1. The molecule has 104 valence electrons. The maximum absolute atomic E-state index is 11.2. The van der Waals surface area contributed by atoms with Gasteiger partial charge >= 0.3 is 5.97 Å². The van der Waals surface area contributed by atoms with Gasteiger partial charge in [-0.2, -0.15) is 0 Å². The highest BCUT2D eigenvalue weighted by Crippen LogP contribution is 2.20. The number of rotatable bonds is 7. The first kappa shape index (κ1) is 15.0. The minimum atomic E-state index is -0.204. The Morgan fingerprint density at radius 2 is 2.21 bits per heavy atom. The van der Waals surface area contributed by atoms with E-state index < -0.39 is 0 Å². The highest BCUT2D eigenvalue weighted by atomic mass is 16.5. The second-order valence-electron chi connectivity index (χ2n) is 4.10. The van der Waals surface area contributed by atoms with Crippen LogP contribution in [-0.2, 0) is 9.53 Å². The summed E-state index contributed by atoms with van der Waals surface area (Å²) in [5, 5.41) is 18.6. The summed E-state index contributed by atoms with van der Waals surface area (Å²) in [6.45, 7) is 2.90. The van der Waals surface area contributed by atoms with Gasteiger partial charge in [-0.15, -0.1) is 0 Å². The zero-order valence-corrected chi connectivity index (χ0v) is 11.0. The third kappa shape index (κ3) is 5.90. The lowest BCUT2D eigenvalue weighted by atomic mass is 10.2. The van der Waals surface area contributed by atoms with E-state index in [2.05, 4.69) is 4.99 Å². The number of esters is 1. The number of carbonyl (C=O) groups is 1. The Kier molecular flexibility index (Phi) is 6.43. The molecule has 19 heavy (non-hydrogen) atoms. The summed E-state index contributed by atoms with van der Waals surface area (Å²) in [6.07, 6.45) is 3.30. The molecule has 0 aliphatic rings. The standard InChI is InChI=1S/C14H19NO4/c1-2-8-19-14(18)4-3-7-15-10-11-5-6-12(16)9-13(11)17/h5-6,9-10,16-17H,2-4,7-8H2,1H3. The third-order valence-electron chi connectivity index (χ3n) is 2.38. The van der Waals surface area contributed by atoms with E-state index in [-0.39, 0.29) is 17.5 Å². The Hall–Kier alpha value is -2.04. The average molecular weight is 265 g/mol. The zero-order valence-electron chi connectivity index (χ0n) is 11.0. The first-order valence-electron chi connectivity index (χ1n) is 6.31. The zero-order chi connectivity index (χ0) is 14.1. The van der Waals surface area contributed by atoms with Crippen LogP contribution in [0.15, 0.2) is 23.2 Å². The molecular weight excluding hydrogens is 246 g/mol. The highest BCUT2D eigenvalue weighted by molar-refractivity contribution is 5.83. The van der Waals surface area contributed by atoms with Gasteiger partial charge in [0, 0.05) is 30.8 Å². The maximum Gasteiger partial charge on any atom is 0.305 e. The number of phenols is 2. The van der Waals surface area contributed by atoms with E-state index in [0.717, 1.165) is 6.42 Å². The van der Waals surface area contributed by atoms with Gasteiger partial charge in [-0.05, 0) is 25.0 Å². The van der Waals surface area contributed by atoms with Crippen LogP contribution >= 0.6 is 0 Å². The molecule has 0 unspecified atom stereocenters. The Labute approximate surface area is 112 Å². The summed E-state index contributed by atoms with van der Waals surface area (Å²) in [7, 11) is 0. The molecule has 2 N–H and O–H groups in total. The summed E-state index contributed by atoms with van der Waals surface area (Å²) in [5.74, 6) is -0.219. The van der Waals surface area contributed by atoms with E-state index in [1.54, 1.807) is 6.07 Å². The van der Waals surface area contributed by atoms with Gasteiger partial charge in [-0.25, -0.2) is 0 Å². The molecule has 5 nitrogen and oxygen atoms in total. The summed E-state index contributed by atoms with van der Waals surface area (Å²) < 4.78 is 4.93. The van der Waals surface area contributed by atoms with Crippen LogP contribution in [0.3, 0.4) is 0 Å². The number of aliphatic imine (C=N–C) groups is 1. The van der Waals surface area contributed by atoms with Crippen LogP contribution in [0.5, 0.6) is 11.5 Å². The van der Waals surface area contributed by atoms with Crippen LogP contribution in [0.1, 0.15) is 31.7 Å². The Balaban J connectivity index is 2.29. The monoisotopic (exact) mass is 265 g/mol. The minimum Gasteiger partial charge on any atom is -0.508 e. The first-order valence-corrected chi connectivity index (χ1v) is 6.31. The van der Waals surface area contributed by atoms with Gasteiger partial charge in [0.25, 0.3) is 0 Å². The van der Waals surface area contributed by atoms with Crippen molar-refractivity contribution in [3.63, 3.8) is 0 Å². The van der Waals surface area contributed by atoms with Crippen LogP contribution in [-0.4, -0.2) is 35.5 Å². The van der Waals surface area contributed by atoms with Crippen LogP contribution in [0.2, 0.25) is 0 Å². The minimum absolute atomic E-state index is 0.00770. The van der Waals surface area contributed by atoms with E-state index in [9.17, 15) is 9.90 Å². The van der Waals surface area contributed by atoms with Crippen molar-refractivity contribution in [2.24, 2.45) is 4.99 Å². The van der Waals surface area contributed by atoms with E-state index >= 15 is 0 Å². The molecule has 0 amide bonds. The highest BCUT2D eigenvalue weighted by Gasteiger charge is 2.01. The fourth-order valence-corrected chi connectivity index (χ4v) is 1.41. The van der Waals surface area contributed by atoms with Gasteiger partial charge in [-0.1, -0.05) is 6.92 Å². The molecule has 0 atom stereocenters. The maximum atomic E-state index is 11.2. The molecule has 0 radical (unpaired) electrons. The number of phenolic OH excluding ortho intramolecular Hbond substituents is 2. The third-order valence-corrected chi connectivity index (χ3v) is 2.38. The molecule has 1 aromatic rings. The van der Waals surface area contributed by atoms with Crippen molar-refractivity contribution < 1.29 is 19.7 Å². The van der Waals surface area contributed by atoms with Gasteiger partial charge in [0.15, 0.2) is 0 Å². The van der Waals surface area contributed by atoms with Crippen molar-refractivity contribution in [2.75, 3.05) is 13.2 Å². The van der Waals surface area contributed by atoms with Crippen LogP contribution < -0.4 is 0 Å². The fourth-order valence-electron chi connectivity index (χ4n) is 1.41. The topological polar surface area (TPSA) is 79.1 Å². The lowest BCUT2D eigenvalue weighted by Gasteiger charge is -2.01. The van der Waals surface area contributed by atoms with Crippen molar-refractivity contribution >= 4 is 12.2 Å². The lowest BCUT2D eigenvalue weighted by Crippen LogP contribution is -2.05. The van der Waals surface area contributed by atoms with Gasteiger partial charge in [-0.3, -0.25) is 9.79 Å². The largest absolute Gasteiger partial charge is 0.508 e. The van der Waals surface area contributed by atoms with E-state index in [1.165, 1.54) is 18.3 Å². The van der Waals surface area contributed by atoms with Gasteiger partial charge < -0.3 is 14.9 Å². The predicted molar refractivity (Wildman–Crippen MR) is 72.7 cm³/mol. The van der Waals surface area contributed by atoms with Crippen molar-refractivity contribution in [1.82, 2.24) is 0 Å². The molecule has 1 rings (SSSR count). The molecule has 0 bridgehead atoms. The summed E-state index contributed by atoms with van der Waals surface area (Å²) in [5.41, 5.74) is 0.534. The number of hydrogen-bond donors (Lipinski definition) is 2. The molecule has 0 fully saturated rings. The predicted octanol–water partition coefficient (Wildman–Crippen LogP) is 2.25. The van der Waals surface area contributed by atoms with E-state index in [1.807, 2.05) is 6.92 Å². The Bertz CT molecular complexity index is 443. The molecule has 0 aliphatic heterocycles. The van der Waals surface area contributed by atoms with Crippen molar-refractivity contribution in [1.29, 1.82) is 0 Å². The quantitative estimate of drug-likeness (QED) is 0.450. The second-order valence-corrected chi connectivity index (χ2v) is 4.10. The van der Waals surface area contributed by atoms with Gasteiger partial charge in [0.2, 0.25) is 0 Å². The molecule has 0 saturated carbocycles. The van der Waals surface area contributed by atoms with Crippen molar-refractivity contribution in [3.8, 4) is 11.5 Å². The summed E-state index contributed by atoms with van der Waals surface area (Å²) in [4.78, 5) is 15.3. The lowest BCUT2D eigenvalue weighted by molar-refractivity contribution is -0.143. The van der Waals surface area contributed by atoms with Crippen LogP contribution in [0.4, 0.5) is 0 Å². The van der Waals surface area contributed by atoms with Crippen LogP contribution in [0.25, 0.3) is 0 Å². The van der Waals surface area contributed by atoms with Gasteiger partial charge in [0.05, 0.1) is 6.61 Å². The molecule has 1 aromatic carbocycles. The van der Waals surface area contributed by atoms with Crippen LogP contribution in [0, 0.1) is 0 Å². The number of ether oxygens (including phenoxy) is 1. The summed E-state index contributed by atoms with van der Waals surface area (Å²) >= 11 is 0. The number of aromatic hydroxyl groups is 2.